The Balaban J connectivity index is 1.81. The summed E-state index contributed by atoms with van der Waals surface area (Å²) in [6.45, 7) is 5.67. The molecule has 0 radical (unpaired) electrons. The van der Waals surface area contributed by atoms with Crippen LogP contribution < -0.4 is 15.5 Å². The van der Waals surface area contributed by atoms with Crippen molar-refractivity contribution < 1.29 is 18.1 Å². The van der Waals surface area contributed by atoms with Gasteiger partial charge in [0.15, 0.2) is 0 Å². The van der Waals surface area contributed by atoms with Crippen LogP contribution in [0.15, 0.2) is 23.1 Å². The minimum Gasteiger partial charge on any atom is -0.397 e. The molecule has 2 heterocycles. The van der Waals surface area contributed by atoms with Crippen LogP contribution in [0.25, 0.3) is 0 Å². The Morgan fingerprint density at radius 1 is 1.13 bits per heavy atom. The van der Waals surface area contributed by atoms with Crippen molar-refractivity contribution in [1.29, 1.82) is 0 Å². The third kappa shape index (κ3) is 3.45. The lowest BCUT2D eigenvalue weighted by molar-refractivity contribution is -0.880. The molecular weight excluding hydrogens is 316 g/mol. The van der Waals surface area contributed by atoms with Gasteiger partial charge < -0.3 is 20.3 Å². The van der Waals surface area contributed by atoms with Gasteiger partial charge in [0.1, 0.15) is 0 Å². The van der Waals surface area contributed by atoms with E-state index in [0.29, 0.717) is 32.0 Å². The van der Waals surface area contributed by atoms with E-state index in [9.17, 15) is 8.42 Å². The number of nitrogens with one attached hydrogen (secondary N) is 1. The standard InChI is InChI=1S/C15H24N4O3S/c1-17-4-6-18(7-5-17)15-3-2-13(12-14(15)16)23(20,21)19-8-10-22-11-9-19/h2-3,12H,4-11,16H2,1H3/p+1. The summed E-state index contributed by atoms with van der Waals surface area (Å²) in [4.78, 5) is 4.00. The molecule has 0 aromatic heterocycles. The van der Waals surface area contributed by atoms with Crippen molar-refractivity contribution in [3.63, 3.8) is 0 Å². The molecule has 128 valence electrons. The number of ether oxygens (including phenoxy) is 1. The molecule has 1 aromatic rings. The van der Waals surface area contributed by atoms with Crippen LogP contribution in [-0.2, 0) is 14.8 Å². The van der Waals surface area contributed by atoms with Crippen LogP contribution in [0.4, 0.5) is 11.4 Å². The highest BCUT2D eigenvalue weighted by Gasteiger charge is 2.27. The van der Waals surface area contributed by atoms with Gasteiger partial charge in [-0.15, -0.1) is 0 Å². The quantitative estimate of drug-likeness (QED) is 0.663. The molecule has 23 heavy (non-hydrogen) atoms. The molecule has 0 saturated carbocycles. The number of sulfonamides is 1. The second-order valence-corrected chi connectivity index (χ2v) is 8.12. The molecule has 2 fully saturated rings. The molecule has 0 amide bonds. The molecule has 2 saturated heterocycles. The van der Waals surface area contributed by atoms with Crippen molar-refractivity contribution in [2.75, 3.05) is 70.2 Å². The van der Waals surface area contributed by atoms with Gasteiger partial charge in [-0.3, -0.25) is 0 Å². The number of hydrogen-bond donors (Lipinski definition) is 2. The molecule has 0 aliphatic carbocycles. The van der Waals surface area contributed by atoms with Crippen molar-refractivity contribution in [2.45, 2.75) is 4.90 Å². The normalized spacial score (nSPS) is 21.5. The number of morpholine rings is 1. The molecule has 3 rings (SSSR count). The van der Waals surface area contributed by atoms with Crippen LogP contribution in [0.1, 0.15) is 0 Å². The van der Waals surface area contributed by atoms with E-state index in [1.165, 1.54) is 9.21 Å². The number of anilines is 2. The van der Waals surface area contributed by atoms with Gasteiger partial charge in [-0.2, -0.15) is 4.31 Å². The lowest BCUT2D eigenvalue weighted by Crippen LogP contribution is -3.12. The Hall–Kier alpha value is -1.35. The Morgan fingerprint density at radius 3 is 2.39 bits per heavy atom. The van der Waals surface area contributed by atoms with Gasteiger partial charge >= 0.3 is 0 Å². The van der Waals surface area contributed by atoms with Crippen LogP contribution in [0, 0.1) is 0 Å². The second kappa shape index (κ2) is 6.64. The first kappa shape index (κ1) is 16.5. The fourth-order valence-corrected chi connectivity index (χ4v) is 4.49. The van der Waals surface area contributed by atoms with Crippen molar-refractivity contribution >= 4 is 21.4 Å². The number of nitrogens with two attached hydrogens (primary N) is 1. The first-order valence-electron chi connectivity index (χ1n) is 8.02. The monoisotopic (exact) mass is 341 g/mol. The van der Waals surface area contributed by atoms with Gasteiger partial charge in [-0.25, -0.2) is 8.42 Å². The molecule has 1 aromatic carbocycles. The molecule has 0 atom stereocenters. The first-order valence-corrected chi connectivity index (χ1v) is 9.46. The van der Waals surface area contributed by atoms with Gasteiger partial charge in [0, 0.05) is 13.1 Å². The maximum atomic E-state index is 12.7. The predicted molar refractivity (Wildman–Crippen MR) is 89.3 cm³/mol. The number of nitrogen functional groups attached to an aromatic ring is 1. The van der Waals surface area contributed by atoms with Gasteiger partial charge in [-0.05, 0) is 18.2 Å². The predicted octanol–water partition coefficient (Wildman–Crippen LogP) is -1.38. The Morgan fingerprint density at radius 2 is 1.78 bits per heavy atom. The molecule has 0 bridgehead atoms. The highest BCUT2D eigenvalue weighted by Crippen LogP contribution is 2.28. The van der Waals surface area contributed by atoms with Crippen molar-refractivity contribution in [2.24, 2.45) is 0 Å². The van der Waals surface area contributed by atoms with Gasteiger partial charge in [0.25, 0.3) is 0 Å². The van der Waals surface area contributed by atoms with E-state index >= 15 is 0 Å². The lowest BCUT2D eigenvalue weighted by atomic mass is 10.2. The Labute approximate surface area is 137 Å². The molecular formula is C15H25N4O3S+. The summed E-state index contributed by atoms with van der Waals surface area (Å²) in [6.07, 6.45) is 0. The summed E-state index contributed by atoms with van der Waals surface area (Å²) in [5.74, 6) is 0. The third-order valence-electron chi connectivity index (χ3n) is 4.56. The number of rotatable bonds is 3. The van der Waals surface area contributed by atoms with Gasteiger partial charge in [0.05, 0.1) is 62.7 Å². The van der Waals surface area contributed by atoms with Crippen LogP contribution in [0.2, 0.25) is 0 Å². The van der Waals surface area contributed by atoms with E-state index in [0.717, 1.165) is 31.9 Å². The molecule has 8 heteroatoms. The number of likely N-dealkylation sites (N-methyl/N-ethyl adjacent to an activating group) is 1. The van der Waals surface area contributed by atoms with E-state index < -0.39 is 10.0 Å². The highest BCUT2D eigenvalue weighted by atomic mass is 32.2. The summed E-state index contributed by atoms with van der Waals surface area (Å²) in [7, 11) is -1.31. The van der Waals surface area contributed by atoms with E-state index in [1.807, 2.05) is 6.07 Å². The van der Waals surface area contributed by atoms with Gasteiger partial charge in [0.2, 0.25) is 10.0 Å². The molecule has 3 N–H and O–H groups in total. The Bertz CT molecular complexity index is 651. The van der Waals surface area contributed by atoms with Crippen LogP contribution >= 0.6 is 0 Å². The number of nitrogens with zero attached hydrogens (tertiary/aromatic N) is 2. The van der Waals surface area contributed by atoms with E-state index in [4.69, 9.17) is 10.5 Å². The maximum Gasteiger partial charge on any atom is 0.243 e. The van der Waals surface area contributed by atoms with Crippen LogP contribution in [-0.4, -0.2) is 72.3 Å². The Kier molecular flexibility index (Phi) is 4.77. The van der Waals surface area contributed by atoms with E-state index in [-0.39, 0.29) is 4.90 Å². The second-order valence-electron chi connectivity index (χ2n) is 6.18. The van der Waals surface area contributed by atoms with Crippen molar-refractivity contribution in [1.82, 2.24) is 4.31 Å². The van der Waals surface area contributed by atoms with E-state index in [2.05, 4.69) is 11.9 Å². The molecule has 2 aliphatic rings. The summed E-state index contributed by atoms with van der Waals surface area (Å²) in [5.41, 5.74) is 7.61. The summed E-state index contributed by atoms with van der Waals surface area (Å²) in [6, 6.07) is 5.09. The lowest BCUT2D eigenvalue weighted by Gasteiger charge is -2.32. The summed E-state index contributed by atoms with van der Waals surface area (Å²) < 4.78 is 32.0. The topological polar surface area (TPSA) is 80.3 Å². The maximum absolute atomic E-state index is 12.7. The zero-order chi connectivity index (χ0) is 16.4. The first-order chi connectivity index (χ1) is 11.0. The van der Waals surface area contributed by atoms with Crippen molar-refractivity contribution in [3.8, 4) is 0 Å². The minimum absolute atomic E-state index is 0.264. The SMILES string of the molecule is C[NH+]1CCN(c2ccc(S(=O)(=O)N3CCOCC3)cc2N)CC1. The summed E-state index contributed by atoms with van der Waals surface area (Å²) in [5, 5.41) is 0. The zero-order valence-electron chi connectivity index (χ0n) is 13.5. The number of benzene rings is 1. The zero-order valence-corrected chi connectivity index (χ0v) is 14.3. The summed E-state index contributed by atoms with van der Waals surface area (Å²) >= 11 is 0. The smallest absolute Gasteiger partial charge is 0.243 e. The molecule has 0 unspecified atom stereocenters. The molecule has 7 nitrogen and oxygen atoms in total. The fraction of sp³-hybridized carbons (Fsp3) is 0.600. The largest absolute Gasteiger partial charge is 0.397 e. The van der Waals surface area contributed by atoms with Crippen LogP contribution in [0.3, 0.4) is 0 Å². The molecule has 0 spiro atoms. The van der Waals surface area contributed by atoms with E-state index in [1.54, 1.807) is 12.1 Å². The van der Waals surface area contributed by atoms with Crippen LogP contribution in [0.5, 0.6) is 0 Å². The van der Waals surface area contributed by atoms with Crippen molar-refractivity contribution in [3.05, 3.63) is 18.2 Å². The average Bonchev–Trinajstić information content (AvgIpc) is 2.56. The average molecular weight is 341 g/mol. The number of piperazine rings is 1. The third-order valence-corrected chi connectivity index (χ3v) is 6.46. The minimum atomic E-state index is -3.49. The van der Waals surface area contributed by atoms with Gasteiger partial charge in [-0.1, -0.05) is 0 Å². The highest BCUT2D eigenvalue weighted by molar-refractivity contribution is 7.89. The number of hydrogen-bond acceptors (Lipinski definition) is 5. The molecule has 2 aliphatic heterocycles. The fourth-order valence-electron chi connectivity index (χ4n) is 3.05. The number of quaternary nitrogens is 1.